The molecule has 2 aromatic rings. The van der Waals surface area contributed by atoms with Crippen molar-refractivity contribution >= 4 is 34.4 Å². The summed E-state index contributed by atoms with van der Waals surface area (Å²) >= 11 is 7.20. The summed E-state index contributed by atoms with van der Waals surface area (Å²) in [5.41, 5.74) is 5.63. The molecule has 0 aliphatic carbocycles. The quantitative estimate of drug-likeness (QED) is 0.661. The second-order valence-electron chi connectivity index (χ2n) is 2.96. The van der Waals surface area contributed by atoms with Gasteiger partial charge in [-0.3, -0.25) is 10.1 Å². The zero-order chi connectivity index (χ0) is 11.7. The number of nitro groups is 1. The fourth-order valence-electron chi connectivity index (χ4n) is 1.24. The van der Waals surface area contributed by atoms with Crippen LogP contribution in [0.5, 0.6) is 0 Å². The highest BCUT2D eigenvalue weighted by molar-refractivity contribution is 7.14. The number of thiophene rings is 1. The molecule has 0 radical (unpaired) electrons. The van der Waals surface area contributed by atoms with Crippen molar-refractivity contribution in [2.45, 2.75) is 0 Å². The first kappa shape index (κ1) is 10.8. The summed E-state index contributed by atoms with van der Waals surface area (Å²) in [6.45, 7) is 0. The van der Waals surface area contributed by atoms with Gasteiger partial charge in [-0.25, -0.2) is 4.98 Å². The minimum absolute atomic E-state index is 0.0986. The Morgan fingerprint density at radius 1 is 1.44 bits per heavy atom. The molecule has 0 aliphatic heterocycles. The first-order chi connectivity index (χ1) is 7.59. The fourth-order valence-corrected chi connectivity index (χ4v) is 2.39. The van der Waals surface area contributed by atoms with E-state index in [-0.39, 0.29) is 17.2 Å². The molecule has 0 aromatic carbocycles. The molecule has 0 atom stereocenters. The molecule has 0 saturated carbocycles. The van der Waals surface area contributed by atoms with Crippen molar-refractivity contribution < 1.29 is 4.92 Å². The smallest absolute Gasteiger partial charge is 0.296 e. The fraction of sp³-hybridized carbons (Fsp3) is 0. The van der Waals surface area contributed by atoms with Gasteiger partial charge < -0.3 is 5.73 Å². The first-order valence-electron chi connectivity index (χ1n) is 4.24. The molecule has 0 fully saturated rings. The number of hydrogen-bond acceptors (Lipinski definition) is 5. The van der Waals surface area contributed by atoms with Gasteiger partial charge in [-0.15, -0.1) is 11.3 Å². The van der Waals surface area contributed by atoms with Crippen molar-refractivity contribution in [2.75, 3.05) is 5.73 Å². The number of anilines is 1. The van der Waals surface area contributed by atoms with E-state index in [1.165, 1.54) is 23.5 Å². The molecule has 16 heavy (non-hydrogen) atoms. The van der Waals surface area contributed by atoms with E-state index in [1.807, 2.05) is 0 Å². The number of pyridine rings is 1. The topological polar surface area (TPSA) is 82.0 Å². The molecule has 2 heterocycles. The molecule has 5 nitrogen and oxygen atoms in total. The Hall–Kier alpha value is -1.66. The molecule has 0 spiro atoms. The first-order valence-corrected chi connectivity index (χ1v) is 5.49. The van der Waals surface area contributed by atoms with Gasteiger partial charge in [0.2, 0.25) is 0 Å². The third-order valence-electron chi connectivity index (χ3n) is 1.92. The summed E-state index contributed by atoms with van der Waals surface area (Å²) in [5.74, 6) is 0.227. The largest absolute Gasteiger partial charge is 0.384 e. The zero-order valence-electron chi connectivity index (χ0n) is 7.88. The minimum atomic E-state index is -0.502. The summed E-state index contributed by atoms with van der Waals surface area (Å²) < 4.78 is 0. The van der Waals surface area contributed by atoms with Crippen LogP contribution in [-0.2, 0) is 0 Å². The third kappa shape index (κ3) is 1.84. The maximum absolute atomic E-state index is 10.8. The summed E-state index contributed by atoms with van der Waals surface area (Å²) in [5, 5.41) is 13.0. The van der Waals surface area contributed by atoms with Crippen molar-refractivity contribution in [1.29, 1.82) is 0 Å². The van der Waals surface area contributed by atoms with E-state index < -0.39 is 4.92 Å². The van der Waals surface area contributed by atoms with E-state index in [1.54, 1.807) is 11.4 Å². The molecule has 82 valence electrons. The third-order valence-corrected chi connectivity index (χ3v) is 3.27. The molecule has 0 aliphatic rings. The summed E-state index contributed by atoms with van der Waals surface area (Å²) in [7, 11) is 0. The number of hydrogen-bond donors (Lipinski definition) is 1. The normalized spacial score (nSPS) is 10.3. The Morgan fingerprint density at radius 2 is 2.19 bits per heavy atom. The van der Waals surface area contributed by atoms with E-state index in [2.05, 4.69) is 4.98 Å². The highest BCUT2D eigenvalue weighted by Crippen LogP contribution is 2.37. The van der Waals surface area contributed by atoms with Crippen LogP contribution in [0.4, 0.5) is 11.5 Å². The molecule has 0 saturated heterocycles. The van der Waals surface area contributed by atoms with Crippen LogP contribution in [0.25, 0.3) is 10.6 Å². The number of nitrogens with two attached hydrogens (primary N) is 1. The van der Waals surface area contributed by atoms with E-state index in [0.29, 0.717) is 9.90 Å². The van der Waals surface area contributed by atoms with Gasteiger partial charge in [0.15, 0.2) is 5.69 Å². The highest BCUT2D eigenvalue weighted by Gasteiger charge is 2.20. The van der Waals surface area contributed by atoms with Crippen molar-refractivity contribution in [2.24, 2.45) is 0 Å². The van der Waals surface area contributed by atoms with Crippen LogP contribution in [0.2, 0.25) is 5.02 Å². The second kappa shape index (κ2) is 4.07. The Balaban J connectivity index is 2.67. The Labute approximate surface area is 99.6 Å². The lowest BCUT2D eigenvalue weighted by atomic mass is 10.2. The van der Waals surface area contributed by atoms with Crippen LogP contribution >= 0.6 is 22.9 Å². The van der Waals surface area contributed by atoms with Crippen molar-refractivity contribution in [3.63, 3.8) is 0 Å². The molecular formula is C9H6ClN3O2S. The lowest BCUT2D eigenvalue weighted by Crippen LogP contribution is -1.97. The van der Waals surface area contributed by atoms with Crippen molar-refractivity contribution in [3.8, 4) is 10.6 Å². The number of nitrogens with zero attached hydrogens (tertiary/aromatic N) is 2. The predicted molar refractivity (Wildman–Crippen MR) is 63.6 cm³/mol. The second-order valence-corrected chi connectivity index (χ2v) is 4.28. The maximum Gasteiger partial charge on any atom is 0.296 e. The number of aromatic nitrogens is 1. The molecule has 2 N–H and O–H groups in total. The SMILES string of the molecule is Nc1ccc([N+](=O)[O-])c(-c2sccc2Cl)n1. The van der Waals surface area contributed by atoms with Gasteiger partial charge in [-0.05, 0) is 17.5 Å². The molecular weight excluding hydrogens is 250 g/mol. The average Bonchev–Trinajstić information content (AvgIpc) is 2.63. The van der Waals surface area contributed by atoms with Crippen LogP contribution in [0.3, 0.4) is 0 Å². The van der Waals surface area contributed by atoms with E-state index in [9.17, 15) is 10.1 Å². The summed E-state index contributed by atoms with van der Waals surface area (Å²) in [6.07, 6.45) is 0. The zero-order valence-corrected chi connectivity index (χ0v) is 9.46. The van der Waals surface area contributed by atoms with Gasteiger partial charge in [-0.2, -0.15) is 0 Å². The Kier molecular flexibility index (Phi) is 2.76. The average molecular weight is 256 g/mol. The number of halogens is 1. The van der Waals surface area contributed by atoms with Gasteiger partial charge in [-0.1, -0.05) is 11.6 Å². The van der Waals surface area contributed by atoms with Gasteiger partial charge in [0.25, 0.3) is 5.69 Å². The molecule has 7 heteroatoms. The van der Waals surface area contributed by atoms with Crippen LogP contribution < -0.4 is 5.73 Å². The Bertz CT molecular complexity index is 555. The molecule has 2 aromatic heterocycles. The molecule has 2 rings (SSSR count). The number of rotatable bonds is 2. The van der Waals surface area contributed by atoms with Gasteiger partial charge >= 0.3 is 0 Å². The van der Waals surface area contributed by atoms with Crippen LogP contribution in [0.1, 0.15) is 0 Å². The van der Waals surface area contributed by atoms with Gasteiger partial charge in [0.1, 0.15) is 5.82 Å². The lowest BCUT2D eigenvalue weighted by Gasteiger charge is -2.01. The van der Waals surface area contributed by atoms with Crippen LogP contribution in [0, 0.1) is 10.1 Å². The molecule has 0 amide bonds. The van der Waals surface area contributed by atoms with E-state index >= 15 is 0 Å². The van der Waals surface area contributed by atoms with Crippen molar-refractivity contribution in [1.82, 2.24) is 4.98 Å². The standard InChI is InChI=1S/C9H6ClN3O2S/c10-5-3-4-16-9(5)8-6(13(14)15)1-2-7(11)12-8/h1-4H,(H2,11,12). The van der Waals surface area contributed by atoms with Gasteiger partial charge in [0.05, 0.1) is 14.8 Å². The number of nitrogen functional groups attached to an aromatic ring is 1. The van der Waals surface area contributed by atoms with Crippen LogP contribution in [0.15, 0.2) is 23.6 Å². The van der Waals surface area contributed by atoms with E-state index in [4.69, 9.17) is 17.3 Å². The van der Waals surface area contributed by atoms with E-state index in [0.717, 1.165) is 0 Å². The lowest BCUT2D eigenvalue weighted by molar-refractivity contribution is -0.384. The maximum atomic E-state index is 10.8. The molecule has 0 bridgehead atoms. The predicted octanol–water partition coefficient (Wildman–Crippen LogP) is 2.95. The molecule has 0 unspecified atom stereocenters. The minimum Gasteiger partial charge on any atom is -0.384 e. The van der Waals surface area contributed by atoms with Gasteiger partial charge in [0, 0.05) is 6.07 Å². The summed E-state index contributed by atoms with van der Waals surface area (Å²) in [6, 6.07) is 4.38. The van der Waals surface area contributed by atoms with Crippen LogP contribution in [-0.4, -0.2) is 9.91 Å². The Morgan fingerprint density at radius 3 is 2.75 bits per heavy atom. The monoisotopic (exact) mass is 255 g/mol. The van der Waals surface area contributed by atoms with Crippen molar-refractivity contribution in [3.05, 3.63) is 38.7 Å². The highest BCUT2D eigenvalue weighted by atomic mass is 35.5. The summed E-state index contributed by atoms with van der Waals surface area (Å²) in [4.78, 5) is 14.8.